The predicted octanol–water partition coefficient (Wildman–Crippen LogP) is 2.08. The minimum absolute atomic E-state index is 0.0721. The maximum atomic E-state index is 9.75. The molecule has 2 atom stereocenters. The molecule has 2 rings (SSSR count). The molecule has 1 heterocycles. The van der Waals surface area contributed by atoms with Crippen LogP contribution in [0.25, 0.3) is 0 Å². The first-order valence-electron chi connectivity index (χ1n) is 6.07. The maximum absolute atomic E-state index is 9.75. The van der Waals surface area contributed by atoms with E-state index < -0.39 is 0 Å². The Morgan fingerprint density at radius 2 is 1.94 bits per heavy atom. The zero-order valence-electron chi connectivity index (χ0n) is 10.1. The lowest BCUT2D eigenvalue weighted by molar-refractivity contribution is 0.0972. The van der Waals surface area contributed by atoms with Crippen molar-refractivity contribution in [2.75, 3.05) is 6.54 Å². The normalized spacial score (nSPS) is 26.7. The van der Waals surface area contributed by atoms with Crippen LogP contribution < -0.4 is 5.32 Å². The highest BCUT2D eigenvalue weighted by Crippen LogP contribution is 2.31. The zero-order chi connectivity index (χ0) is 11.6. The van der Waals surface area contributed by atoms with Crippen molar-refractivity contribution in [2.45, 2.75) is 44.2 Å². The first-order chi connectivity index (χ1) is 7.60. The Morgan fingerprint density at radius 3 is 2.56 bits per heavy atom. The van der Waals surface area contributed by atoms with E-state index in [0.717, 1.165) is 19.4 Å². The summed E-state index contributed by atoms with van der Waals surface area (Å²) in [6.07, 6.45) is 1.58. The van der Waals surface area contributed by atoms with Crippen LogP contribution in [0.3, 0.4) is 0 Å². The second-order valence-electron chi connectivity index (χ2n) is 5.27. The summed E-state index contributed by atoms with van der Waals surface area (Å²) in [6, 6.07) is 10.9. The molecule has 1 aromatic rings. The van der Waals surface area contributed by atoms with Gasteiger partial charge in [-0.1, -0.05) is 44.2 Å². The van der Waals surface area contributed by atoms with Crippen LogP contribution in [0.4, 0.5) is 0 Å². The molecule has 2 nitrogen and oxygen atoms in total. The number of hydrogen-bond acceptors (Lipinski definition) is 2. The van der Waals surface area contributed by atoms with Crippen LogP contribution in [0.1, 0.15) is 32.3 Å². The van der Waals surface area contributed by atoms with Crippen molar-refractivity contribution in [2.24, 2.45) is 0 Å². The molecular formula is C14H21NO. The van der Waals surface area contributed by atoms with Crippen molar-refractivity contribution in [3.63, 3.8) is 0 Å². The second kappa shape index (κ2) is 4.56. The number of piperidine rings is 1. The maximum Gasteiger partial charge on any atom is 0.0567 e. The fourth-order valence-corrected chi connectivity index (χ4v) is 2.52. The largest absolute Gasteiger partial charge is 0.393 e. The summed E-state index contributed by atoms with van der Waals surface area (Å²) in [5.41, 5.74) is 1.41. The van der Waals surface area contributed by atoms with Gasteiger partial charge in [-0.25, -0.2) is 0 Å². The predicted molar refractivity (Wildman–Crippen MR) is 66.5 cm³/mol. The molecule has 16 heavy (non-hydrogen) atoms. The van der Waals surface area contributed by atoms with Crippen LogP contribution >= 0.6 is 0 Å². The molecule has 1 aliphatic rings. The lowest BCUT2D eigenvalue weighted by atomic mass is 9.74. The molecule has 0 aromatic heterocycles. The number of hydrogen-bond donors (Lipinski definition) is 2. The SMILES string of the molecule is CC(C)(c1ccccc1)C1CC(O)CCN1. The van der Waals surface area contributed by atoms with Gasteiger partial charge in [0.05, 0.1) is 6.10 Å². The Morgan fingerprint density at radius 1 is 1.25 bits per heavy atom. The molecule has 0 radical (unpaired) electrons. The van der Waals surface area contributed by atoms with Crippen LogP contribution in [0, 0.1) is 0 Å². The molecule has 1 fully saturated rings. The second-order valence-corrected chi connectivity index (χ2v) is 5.27. The first-order valence-corrected chi connectivity index (χ1v) is 6.07. The number of nitrogens with one attached hydrogen (secondary N) is 1. The third-order valence-corrected chi connectivity index (χ3v) is 3.77. The lowest BCUT2D eigenvalue weighted by Crippen LogP contribution is -2.50. The Labute approximate surface area is 97.7 Å². The van der Waals surface area contributed by atoms with Crippen molar-refractivity contribution in [3.05, 3.63) is 35.9 Å². The monoisotopic (exact) mass is 219 g/mol. The smallest absolute Gasteiger partial charge is 0.0567 e. The van der Waals surface area contributed by atoms with E-state index in [9.17, 15) is 5.11 Å². The molecule has 0 aliphatic carbocycles. The number of aliphatic hydroxyl groups is 1. The molecule has 2 heteroatoms. The molecule has 1 aromatic carbocycles. The molecule has 0 spiro atoms. The van der Waals surface area contributed by atoms with Crippen molar-refractivity contribution in [1.82, 2.24) is 5.32 Å². The van der Waals surface area contributed by atoms with E-state index >= 15 is 0 Å². The molecular weight excluding hydrogens is 198 g/mol. The third-order valence-electron chi connectivity index (χ3n) is 3.77. The summed E-state index contributed by atoms with van der Waals surface area (Å²) >= 11 is 0. The minimum Gasteiger partial charge on any atom is -0.393 e. The summed E-state index contributed by atoms with van der Waals surface area (Å²) in [4.78, 5) is 0. The highest BCUT2D eigenvalue weighted by molar-refractivity contribution is 5.26. The third kappa shape index (κ3) is 2.28. The van der Waals surface area contributed by atoms with Gasteiger partial charge < -0.3 is 10.4 Å². The summed E-state index contributed by atoms with van der Waals surface area (Å²) in [7, 11) is 0. The highest BCUT2D eigenvalue weighted by atomic mass is 16.3. The molecule has 0 saturated carbocycles. The Bertz CT molecular complexity index is 334. The average Bonchev–Trinajstić information content (AvgIpc) is 2.30. The van der Waals surface area contributed by atoms with Gasteiger partial charge in [0, 0.05) is 11.5 Å². The zero-order valence-corrected chi connectivity index (χ0v) is 10.1. The average molecular weight is 219 g/mol. The van der Waals surface area contributed by atoms with Crippen LogP contribution in [-0.2, 0) is 5.41 Å². The van der Waals surface area contributed by atoms with Crippen molar-refractivity contribution in [3.8, 4) is 0 Å². The number of benzene rings is 1. The molecule has 2 N–H and O–H groups in total. The molecule has 0 bridgehead atoms. The standard InChI is InChI=1S/C14H21NO/c1-14(2,11-6-4-3-5-7-11)13-10-12(16)8-9-15-13/h3-7,12-13,15-16H,8-10H2,1-2H3. The number of rotatable bonds is 2. The van der Waals surface area contributed by atoms with E-state index in [-0.39, 0.29) is 11.5 Å². The quantitative estimate of drug-likeness (QED) is 0.798. The van der Waals surface area contributed by atoms with Gasteiger partial charge in [-0.05, 0) is 24.9 Å². The lowest BCUT2D eigenvalue weighted by Gasteiger charge is -2.39. The molecule has 1 saturated heterocycles. The topological polar surface area (TPSA) is 32.3 Å². The van der Waals surface area contributed by atoms with E-state index in [1.54, 1.807) is 0 Å². The van der Waals surface area contributed by atoms with Crippen LogP contribution in [0.5, 0.6) is 0 Å². The molecule has 88 valence electrons. The summed E-state index contributed by atoms with van der Waals surface area (Å²) in [5.74, 6) is 0. The Balaban J connectivity index is 2.18. The van der Waals surface area contributed by atoms with Crippen molar-refractivity contribution in [1.29, 1.82) is 0 Å². The van der Waals surface area contributed by atoms with Gasteiger partial charge in [0.2, 0.25) is 0 Å². The number of aliphatic hydroxyl groups excluding tert-OH is 1. The minimum atomic E-state index is -0.144. The fourth-order valence-electron chi connectivity index (χ4n) is 2.52. The first kappa shape index (κ1) is 11.6. The van der Waals surface area contributed by atoms with Gasteiger partial charge in [-0.15, -0.1) is 0 Å². The van der Waals surface area contributed by atoms with Gasteiger partial charge in [0.1, 0.15) is 0 Å². The van der Waals surface area contributed by atoms with Crippen LogP contribution in [-0.4, -0.2) is 23.8 Å². The summed E-state index contributed by atoms with van der Waals surface area (Å²) in [5, 5.41) is 13.3. The van der Waals surface area contributed by atoms with E-state index in [1.165, 1.54) is 5.56 Å². The van der Waals surface area contributed by atoms with E-state index in [1.807, 2.05) is 6.07 Å². The van der Waals surface area contributed by atoms with Crippen molar-refractivity contribution < 1.29 is 5.11 Å². The summed E-state index contributed by atoms with van der Waals surface area (Å²) in [6.45, 7) is 5.41. The van der Waals surface area contributed by atoms with E-state index in [0.29, 0.717) is 6.04 Å². The Kier molecular flexibility index (Phi) is 3.31. The Hall–Kier alpha value is -0.860. The van der Waals surface area contributed by atoms with E-state index in [2.05, 4.69) is 43.4 Å². The molecule has 0 amide bonds. The van der Waals surface area contributed by atoms with Gasteiger partial charge in [0.15, 0.2) is 0 Å². The molecule has 2 unspecified atom stereocenters. The van der Waals surface area contributed by atoms with Crippen LogP contribution in [0.15, 0.2) is 30.3 Å². The molecule has 1 aliphatic heterocycles. The summed E-state index contributed by atoms with van der Waals surface area (Å²) < 4.78 is 0. The van der Waals surface area contributed by atoms with Gasteiger partial charge in [-0.3, -0.25) is 0 Å². The van der Waals surface area contributed by atoms with Crippen LogP contribution in [0.2, 0.25) is 0 Å². The van der Waals surface area contributed by atoms with Crippen molar-refractivity contribution >= 4 is 0 Å². The highest BCUT2D eigenvalue weighted by Gasteiger charge is 2.34. The van der Waals surface area contributed by atoms with Gasteiger partial charge in [-0.2, -0.15) is 0 Å². The van der Waals surface area contributed by atoms with Gasteiger partial charge >= 0.3 is 0 Å². The fraction of sp³-hybridized carbons (Fsp3) is 0.571. The van der Waals surface area contributed by atoms with E-state index in [4.69, 9.17) is 0 Å². The van der Waals surface area contributed by atoms with Gasteiger partial charge in [0.25, 0.3) is 0 Å².